The first-order chi connectivity index (χ1) is 7.38. The third kappa shape index (κ3) is 1.41. The number of hydrogen-bond acceptors (Lipinski definition) is 0. The molecule has 4 saturated carbocycles. The fourth-order valence-corrected chi connectivity index (χ4v) is 5.72. The van der Waals surface area contributed by atoms with Crippen molar-refractivity contribution >= 4 is 7.28 Å². The maximum Gasteiger partial charge on any atom is 0.128 e. The Morgan fingerprint density at radius 1 is 0.600 bits per heavy atom. The summed E-state index contributed by atoms with van der Waals surface area (Å²) < 4.78 is 0. The lowest BCUT2D eigenvalue weighted by atomic mass is 9.47. The lowest BCUT2D eigenvalue weighted by Crippen LogP contribution is -2.20. The second-order valence-corrected chi connectivity index (χ2v) is 7.11. The largest absolute Gasteiger partial charge is 0.128 e. The molecular weight excluding hydrogens is 179 g/mol. The first-order valence-electron chi connectivity index (χ1n) is 7.38. The molecular formula is C14H23B. The topological polar surface area (TPSA) is 0 Å². The van der Waals surface area contributed by atoms with Gasteiger partial charge in [0.25, 0.3) is 0 Å². The number of rotatable bonds is 2. The van der Waals surface area contributed by atoms with Gasteiger partial charge in [-0.1, -0.05) is 50.2 Å². The summed E-state index contributed by atoms with van der Waals surface area (Å²) in [5.74, 6) is 7.03. The van der Waals surface area contributed by atoms with Gasteiger partial charge < -0.3 is 0 Å². The van der Waals surface area contributed by atoms with Crippen LogP contribution in [0.25, 0.3) is 0 Å². The Morgan fingerprint density at radius 2 is 1.13 bits per heavy atom. The van der Waals surface area contributed by atoms with Crippen LogP contribution in [0.3, 0.4) is 0 Å². The van der Waals surface area contributed by atoms with Crippen molar-refractivity contribution in [2.75, 3.05) is 0 Å². The van der Waals surface area contributed by atoms with Gasteiger partial charge in [-0.05, 0) is 36.5 Å². The van der Waals surface area contributed by atoms with Crippen molar-refractivity contribution < 1.29 is 0 Å². The molecule has 15 heavy (non-hydrogen) atoms. The third-order valence-corrected chi connectivity index (χ3v) is 6.37. The van der Waals surface area contributed by atoms with Crippen LogP contribution >= 0.6 is 0 Å². The van der Waals surface area contributed by atoms with Gasteiger partial charge in [0, 0.05) is 0 Å². The summed E-state index contributed by atoms with van der Waals surface area (Å²) in [7, 11) is 1.64. The van der Waals surface area contributed by atoms with Crippen LogP contribution in [-0.4, -0.2) is 7.28 Å². The molecule has 0 heterocycles. The Bertz CT molecular complexity index is 236. The minimum absolute atomic E-state index is 1.17. The van der Waals surface area contributed by atoms with Crippen LogP contribution in [-0.2, 0) is 0 Å². The van der Waals surface area contributed by atoms with Crippen molar-refractivity contribution in [3.8, 4) is 0 Å². The normalized spacial score (nSPS) is 56.5. The SMILES string of the molecule is B(C1CC2CCC1C2)C1CC2CCC1C2. The van der Waals surface area contributed by atoms with Gasteiger partial charge in [-0.2, -0.15) is 0 Å². The molecule has 0 nitrogen and oxygen atoms in total. The van der Waals surface area contributed by atoms with Crippen molar-refractivity contribution in [1.82, 2.24) is 0 Å². The van der Waals surface area contributed by atoms with Gasteiger partial charge in [0.2, 0.25) is 0 Å². The minimum atomic E-state index is 1.17. The van der Waals surface area contributed by atoms with E-state index in [1.54, 1.807) is 58.6 Å². The quantitative estimate of drug-likeness (QED) is 0.599. The molecule has 0 aromatic heterocycles. The zero-order valence-electron chi connectivity index (χ0n) is 9.83. The summed E-state index contributed by atoms with van der Waals surface area (Å²) in [6, 6.07) is 0. The van der Waals surface area contributed by atoms with Crippen molar-refractivity contribution in [1.29, 1.82) is 0 Å². The van der Waals surface area contributed by atoms with Crippen molar-refractivity contribution in [2.24, 2.45) is 23.7 Å². The molecule has 82 valence electrons. The van der Waals surface area contributed by atoms with E-state index < -0.39 is 0 Å². The van der Waals surface area contributed by atoms with Gasteiger partial charge in [-0.3, -0.25) is 0 Å². The highest BCUT2D eigenvalue weighted by atomic mass is 14.4. The van der Waals surface area contributed by atoms with Crippen molar-refractivity contribution in [3.63, 3.8) is 0 Å². The molecule has 0 aromatic rings. The standard InChI is InChI=1S/C14H23B/c1-3-11-5-9(1)7-13(11)15-14-8-10-2-4-12(14)6-10/h9-15H,1-8H2. The lowest BCUT2D eigenvalue weighted by Gasteiger charge is -2.28. The molecule has 0 N–H and O–H groups in total. The first-order valence-corrected chi connectivity index (χ1v) is 7.38. The van der Waals surface area contributed by atoms with Gasteiger partial charge >= 0.3 is 0 Å². The molecule has 1 heteroatoms. The van der Waals surface area contributed by atoms with E-state index in [0.29, 0.717) is 0 Å². The summed E-state index contributed by atoms with van der Waals surface area (Å²) in [4.78, 5) is 0. The van der Waals surface area contributed by atoms with Crippen molar-refractivity contribution in [2.45, 2.75) is 63.0 Å². The van der Waals surface area contributed by atoms with Crippen molar-refractivity contribution in [3.05, 3.63) is 0 Å². The van der Waals surface area contributed by atoms with E-state index in [0.717, 1.165) is 0 Å². The summed E-state index contributed by atoms with van der Waals surface area (Å²) in [6.07, 6.45) is 12.8. The minimum Gasteiger partial charge on any atom is -0.0624 e. The Balaban J connectivity index is 1.40. The average molecular weight is 202 g/mol. The number of hydrogen-bond donors (Lipinski definition) is 0. The van der Waals surface area contributed by atoms with E-state index in [-0.39, 0.29) is 0 Å². The van der Waals surface area contributed by atoms with Gasteiger partial charge in [0.1, 0.15) is 7.28 Å². The highest BCUT2D eigenvalue weighted by molar-refractivity contribution is 6.40. The van der Waals surface area contributed by atoms with E-state index in [1.165, 1.54) is 35.3 Å². The average Bonchev–Trinajstić information content (AvgIpc) is 2.96. The Kier molecular flexibility index (Phi) is 2.00. The smallest absolute Gasteiger partial charge is 0.0624 e. The maximum atomic E-state index is 1.64. The van der Waals surface area contributed by atoms with Crippen LogP contribution in [0.15, 0.2) is 0 Å². The maximum absolute atomic E-state index is 1.64. The van der Waals surface area contributed by atoms with E-state index in [2.05, 4.69) is 0 Å². The van der Waals surface area contributed by atoms with Crippen LogP contribution in [0.5, 0.6) is 0 Å². The molecule has 4 bridgehead atoms. The van der Waals surface area contributed by atoms with Crippen LogP contribution < -0.4 is 0 Å². The zero-order chi connectivity index (χ0) is 9.83. The molecule has 0 aliphatic heterocycles. The Morgan fingerprint density at radius 3 is 1.47 bits per heavy atom. The Hall–Kier alpha value is 0.0649. The van der Waals surface area contributed by atoms with E-state index >= 15 is 0 Å². The van der Waals surface area contributed by atoms with Crippen LogP contribution in [0.1, 0.15) is 51.4 Å². The zero-order valence-corrected chi connectivity index (χ0v) is 9.83. The highest BCUT2D eigenvalue weighted by Crippen LogP contribution is 2.57. The fraction of sp³-hybridized carbons (Fsp3) is 1.00. The predicted octanol–water partition coefficient (Wildman–Crippen LogP) is 3.64. The monoisotopic (exact) mass is 202 g/mol. The molecule has 6 unspecified atom stereocenters. The Labute approximate surface area is 94.4 Å². The third-order valence-electron chi connectivity index (χ3n) is 6.37. The summed E-state index contributed by atoms with van der Waals surface area (Å²) >= 11 is 0. The predicted molar refractivity (Wildman–Crippen MR) is 65.5 cm³/mol. The summed E-state index contributed by atoms with van der Waals surface area (Å²) in [6.45, 7) is 0. The number of fused-ring (bicyclic) bond motifs is 4. The van der Waals surface area contributed by atoms with Gasteiger partial charge in [0.05, 0.1) is 0 Å². The molecule has 0 spiro atoms. The molecule has 4 aliphatic carbocycles. The molecule has 0 radical (unpaired) electrons. The fourth-order valence-electron chi connectivity index (χ4n) is 5.72. The van der Waals surface area contributed by atoms with Gasteiger partial charge in [-0.15, -0.1) is 0 Å². The molecule has 4 fully saturated rings. The molecule has 4 aliphatic rings. The second kappa shape index (κ2) is 3.28. The van der Waals surface area contributed by atoms with Crippen LogP contribution in [0.4, 0.5) is 0 Å². The van der Waals surface area contributed by atoms with Gasteiger partial charge in [-0.25, -0.2) is 0 Å². The van der Waals surface area contributed by atoms with Crippen LogP contribution in [0.2, 0.25) is 11.6 Å². The lowest BCUT2D eigenvalue weighted by molar-refractivity contribution is 0.446. The molecule has 0 saturated heterocycles. The molecule has 4 rings (SSSR count). The summed E-state index contributed by atoms with van der Waals surface area (Å²) in [5, 5.41) is 0. The molecule has 0 aromatic carbocycles. The summed E-state index contributed by atoms with van der Waals surface area (Å²) in [5.41, 5.74) is 0. The second-order valence-electron chi connectivity index (χ2n) is 7.11. The first kappa shape index (κ1) is 9.13. The van der Waals surface area contributed by atoms with E-state index in [4.69, 9.17) is 0 Å². The van der Waals surface area contributed by atoms with E-state index in [9.17, 15) is 0 Å². The molecule has 0 amide bonds. The highest BCUT2D eigenvalue weighted by Gasteiger charge is 2.45. The van der Waals surface area contributed by atoms with E-state index in [1.807, 2.05) is 0 Å². The van der Waals surface area contributed by atoms with Gasteiger partial charge in [0.15, 0.2) is 0 Å². The molecule has 6 atom stereocenters. The van der Waals surface area contributed by atoms with Crippen LogP contribution in [0, 0.1) is 23.7 Å².